The standard InChI is InChI=1S/C13H15N3O2S/c1-2-13(17)14-9-3-4-11-10(7-9)15-12-8-19(18)6-5-16(11)12/h3-4,7H,2,5-6,8H2,1H3,(H,14,17). The number of benzene rings is 1. The number of amides is 1. The van der Waals surface area contributed by atoms with Gasteiger partial charge in [-0.3, -0.25) is 9.00 Å². The molecule has 0 fully saturated rings. The average Bonchev–Trinajstić information content (AvgIpc) is 2.74. The number of fused-ring (bicyclic) bond motifs is 3. The fraction of sp³-hybridized carbons (Fsp3) is 0.385. The van der Waals surface area contributed by atoms with Crippen LogP contribution < -0.4 is 5.32 Å². The van der Waals surface area contributed by atoms with E-state index in [1.54, 1.807) is 0 Å². The van der Waals surface area contributed by atoms with E-state index >= 15 is 0 Å². The molecule has 100 valence electrons. The van der Waals surface area contributed by atoms with E-state index in [1.807, 2.05) is 25.1 Å². The minimum absolute atomic E-state index is 0.00979. The van der Waals surface area contributed by atoms with E-state index in [9.17, 15) is 9.00 Å². The van der Waals surface area contributed by atoms with E-state index in [0.717, 1.165) is 29.1 Å². The molecule has 1 unspecified atom stereocenters. The summed E-state index contributed by atoms with van der Waals surface area (Å²) in [7, 11) is -0.797. The van der Waals surface area contributed by atoms with Gasteiger partial charge in [0.25, 0.3) is 0 Å². The highest BCUT2D eigenvalue weighted by atomic mass is 32.2. The first kappa shape index (κ1) is 12.3. The number of nitrogens with zero attached hydrogens (tertiary/aromatic N) is 2. The lowest BCUT2D eigenvalue weighted by molar-refractivity contribution is -0.115. The Morgan fingerprint density at radius 3 is 3.16 bits per heavy atom. The van der Waals surface area contributed by atoms with Gasteiger partial charge in [-0.1, -0.05) is 6.92 Å². The summed E-state index contributed by atoms with van der Waals surface area (Å²) in [5.74, 6) is 2.07. The highest BCUT2D eigenvalue weighted by Crippen LogP contribution is 2.23. The fourth-order valence-electron chi connectivity index (χ4n) is 2.28. The van der Waals surface area contributed by atoms with E-state index in [1.165, 1.54) is 0 Å². The Labute approximate surface area is 113 Å². The van der Waals surface area contributed by atoms with Crippen molar-refractivity contribution in [1.82, 2.24) is 9.55 Å². The van der Waals surface area contributed by atoms with Gasteiger partial charge in [0.2, 0.25) is 5.91 Å². The molecule has 2 aromatic rings. The summed E-state index contributed by atoms with van der Waals surface area (Å²) in [6.07, 6.45) is 0.455. The van der Waals surface area contributed by atoms with Crippen molar-refractivity contribution in [3.8, 4) is 0 Å². The van der Waals surface area contributed by atoms with Crippen LogP contribution in [0.5, 0.6) is 0 Å². The molecule has 6 heteroatoms. The van der Waals surface area contributed by atoms with Crippen molar-refractivity contribution in [2.75, 3.05) is 11.1 Å². The molecule has 1 N–H and O–H groups in total. The lowest BCUT2D eigenvalue weighted by Crippen LogP contribution is -2.19. The van der Waals surface area contributed by atoms with Crippen molar-refractivity contribution in [3.63, 3.8) is 0 Å². The maximum atomic E-state index is 11.6. The largest absolute Gasteiger partial charge is 0.326 e. The number of rotatable bonds is 2. The number of hydrogen-bond acceptors (Lipinski definition) is 3. The van der Waals surface area contributed by atoms with Crippen molar-refractivity contribution >= 4 is 33.4 Å². The summed E-state index contributed by atoms with van der Waals surface area (Å²) in [5, 5.41) is 2.82. The summed E-state index contributed by atoms with van der Waals surface area (Å²) < 4.78 is 13.7. The Hall–Kier alpha value is -1.69. The van der Waals surface area contributed by atoms with Crippen LogP contribution >= 0.6 is 0 Å². The van der Waals surface area contributed by atoms with Gasteiger partial charge in [-0.15, -0.1) is 0 Å². The molecule has 1 aromatic carbocycles. The first-order chi connectivity index (χ1) is 9.17. The van der Waals surface area contributed by atoms with Gasteiger partial charge in [0.1, 0.15) is 5.82 Å². The molecule has 0 bridgehead atoms. The lowest BCUT2D eigenvalue weighted by Gasteiger charge is -2.13. The third kappa shape index (κ3) is 2.28. The van der Waals surface area contributed by atoms with E-state index < -0.39 is 10.8 Å². The van der Waals surface area contributed by atoms with E-state index in [2.05, 4.69) is 14.9 Å². The fourth-order valence-corrected chi connectivity index (χ4v) is 3.31. The van der Waals surface area contributed by atoms with Gasteiger partial charge in [0.05, 0.1) is 16.8 Å². The van der Waals surface area contributed by atoms with Crippen molar-refractivity contribution in [2.24, 2.45) is 0 Å². The predicted molar refractivity (Wildman–Crippen MR) is 75.4 cm³/mol. The molecule has 1 aliphatic heterocycles. The first-order valence-electron chi connectivity index (χ1n) is 6.31. The van der Waals surface area contributed by atoms with Crippen LogP contribution in [0, 0.1) is 0 Å². The molecule has 1 aliphatic rings. The number of imidazole rings is 1. The van der Waals surface area contributed by atoms with Crippen molar-refractivity contribution in [3.05, 3.63) is 24.0 Å². The second-order valence-electron chi connectivity index (χ2n) is 4.57. The first-order valence-corrected chi connectivity index (χ1v) is 7.80. The number of anilines is 1. The van der Waals surface area contributed by atoms with E-state index in [-0.39, 0.29) is 5.91 Å². The molecule has 1 atom stereocenters. The van der Waals surface area contributed by atoms with Crippen LogP contribution in [0.4, 0.5) is 5.69 Å². The molecule has 0 aliphatic carbocycles. The zero-order valence-electron chi connectivity index (χ0n) is 10.7. The van der Waals surface area contributed by atoms with Crippen molar-refractivity contribution in [2.45, 2.75) is 25.6 Å². The number of aryl methyl sites for hydroxylation is 1. The SMILES string of the molecule is CCC(=O)Nc1ccc2c(c1)nc1n2CCS(=O)C1. The summed E-state index contributed by atoms with van der Waals surface area (Å²) >= 11 is 0. The highest BCUT2D eigenvalue weighted by molar-refractivity contribution is 7.84. The number of carbonyl (C=O) groups is 1. The molecule has 5 nitrogen and oxygen atoms in total. The molecule has 0 saturated carbocycles. The zero-order chi connectivity index (χ0) is 13.4. The van der Waals surface area contributed by atoms with Gasteiger partial charge >= 0.3 is 0 Å². The van der Waals surface area contributed by atoms with Crippen molar-refractivity contribution < 1.29 is 9.00 Å². The molecular weight excluding hydrogens is 262 g/mol. The normalized spacial score (nSPS) is 18.3. The zero-order valence-corrected chi connectivity index (χ0v) is 11.5. The Morgan fingerprint density at radius 2 is 2.37 bits per heavy atom. The van der Waals surface area contributed by atoms with Gasteiger partial charge in [0.15, 0.2) is 0 Å². The maximum Gasteiger partial charge on any atom is 0.224 e. The molecule has 0 spiro atoms. The monoisotopic (exact) mass is 277 g/mol. The Kier molecular flexibility index (Phi) is 3.10. The van der Waals surface area contributed by atoms with Gasteiger partial charge < -0.3 is 9.88 Å². The molecule has 3 rings (SSSR count). The molecule has 19 heavy (non-hydrogen) atoms. The topological polar surface area (TPSA) is 64.0 Å². The van der Waals surface area contributed by atoms with Gasteiger partial charge in [-0.2, -0.15) is 0 Å². The number of carbonyl (C=O) groups excluding carboxylic acids is 1. The van der Waals surface area contributed by atoms with Crippen LogP contribution in [0.1, 0.15) is 19.2 Å². The number of hydrogen-bond donors (Lipinski definition) is 1. The summed E-state index contributed by atoms with van der Waals surface area (Å²) in [6.45, 7) is 2.57. The minimum atomic E-state index is -0.797. The molecule has 0 saturated heterocycles. The van der Waals surface area contributed by atoms with Crippen LogP contribution in [-0.4, -0.2) is 25.4 Å². The van der Waals surface area contributed by atoms with E-state index in [4.69, 9.17) is 0 Å². The van der Waals surface area contributed by atoms with Crippen LogP contribution in [0.2, 0.25) is 0 Å². The molecule has 1 amide bonds. The quantitative estimate of drug-likeness (QED) is 0.907. The maximum absolute atomic E-state index is 11.6. The molecule has 2 heterocycles. The van der Waals surface area contributed by atoms with Crippen LogP contribution in [0.25, 0.3) is 11.0 Å². The van der Waals surface area contributed by atoms with Crippen molar-refractivity contribution in [1.29, 1.82) is 0 Å². The third-order valence-electron chi connectivity index (χ3n) is 3.26. The number of nitrogens with one attached hydrogen (secondary N) is 1. The molecule has 1 aromatic heterocycles. The summed E-state index contributed by atoms with van der Waals surface area (Å²) in [5.41, 5.74) is 2.65. The Morgan fingerprint density at radius 1 is 1.53 bits per heavy atom. The highest BCUT2D eigenvalue weighted by Gasteiger charge is 2.18. The summed E-state index contributed by atoms with van der Waals surface area (Å²) in [6, 6.07) is 5.72. The second kappa shape index (κ2) is 4.77. The average molecular weight is 277 g/mol. The lowest BCUT2D eigenvalue weighted by atomic mass is 10.2. The van der Waals surface area contributed by atoms with Gasteiger partial charge in [0, 0.05) is 35.2 Å². The third-order valence-corrected chi connectivity index (χ3v) is 4.48. The van der Waals surface area contributed by atoms with Crippen LogP contribution in [-0.2, 0) is 27.9 Å². The molecular formula is C13H15N3O2S. The second-order valence-corrected chi connectivity index (χ2v) is 6.15. The Balaban J connectivity index is 2.00. The van der Waals surface area contributed by atoms with Gasteiger partial charge in [-0.05, 0) is 18.2 Å². The minimum Gasteiger partial charge on any atom is -0.326 e. The smallest absolute Gasteiger partial charge is 0.224 e. The number of aromatic nitrogens is 2. The molecule has 0 radical (unpaired) electrons. The van der Waals surface area contributed by atoms with Crippen LogP contribution in [0.3, 0.4) is 0 Å². The van der Waals surface area contributed by atoms with E-state index in [0.29, 0.717) is 17.9 Å². The van der Waals surface area contributed by atoms with Gasteiger partial charge in [-0.25, -0.2) is 4.98 Å². The van der Waals surface area contributed by atoms with Crippen LogP contribution in [0.15, 0.2) is 18.2 Å². The predicted octanol–water partition coefficient (Wildman–Crippen LogP) is 1.65. The summed E-state index contributed by atoms with van der Waals surface area (Å²) in [4.78, 5) is 15.9. The Bertz CT molecular complexity index is 678.